The zero-order chi connectivity index (χ0) is 14.6. The molecule has 0 saturated carbocycles. The third kappa shape index (κ3) is 4.59. The van der Waals surface area contributed by atoms with Crippen LogP contribution in [-0.2, 0) is 21.2 Å². The van der Waals surface area contributed by atoms with Crippen molar-refractivity contribution < 1.29 is 13.2 Å². The molecule has 1 N–H and O–H groups in total. The molecule has 1 atom stereocenters. The van der Waals surface area contributed by atoms with Crippen molar-refractivity contribution in [2.75, 3.05) is 32.5 Å². The molecule has 0 amide bonds. The van der Waals surface area contributed by atoms with Crippen LogP contribution in [0.15, 0.2) is 29.2 Å². The maximum Gasteiger partial charge on any atom is 0.182 e. The Labute approximate surface area is 121 Å². The average molecular weight is 294 g/mol. The first-order chi connectivity index (χ1) is 9.45. The Balaban J connectivity index is 1.79. The normalized spacial score (nSPS) is 20.9. The molecule has 108 valence electrons. The molecule has 1 saturated heterocycles. The van der Waals surface area contributed by atoms with Crippen LogP contribution in [-0.4, -0.2) is 59.7 Å². The number of piperazine rings is 1. The van der Waals surface area contributed by atoms with Crippen LogP contribution in [0.2, 0.25) is 0 Å². The van der Waals surface area contributed by atoms with Crippen molar-refractivity contribution in [3.05, 3.63) is 29.8 Å². The molecule has 20 heavy (non-hydrogen) atoms. The Bertz CT molecular complexity index is 533. The lowest BCUT2D eigenvalue weighted by atomic mass is 10.1. The zero-order valence-corrected chi connectivity index (χ0v) is 12.4. The van der Waals surface area contributed by atoms with Crippen molar-refractivity contribution in [1.29, 1.82) is 0 Å². The second-order valence-electron chi connectivity index (χ2n) is 5.08. The van der Waals surface area contributed by atoms with Crippen molar-refractivity contribution in [3.8, 4) is 0 Å². The minimum atomic E-state index is -3.13. The molecule has 5 nitrogen and oxygen atoms in total. The van der Waals surface area contributed by atoms with Crippen LogP contribution >= 0.6 is 0 Å². The third-order valence-corrected chi connectivity index (χ3v) is 4.35. The highest BCUT2D eigenvalue weighted by atomic mass is 32.2. The standard InChI is InChI=1S/C13H19BN2O3S/c1-20(17,18)13-4-2-11(3-5-13)9-19-10-12-8-16(14)7-6-15-12/h2-5,12,15H,6-10H2,1H3/t12-/m0/s1. The summed E-state index contributed by atoms with van der Waals surface area (Å²) in [4.78, 5) is 2.11. The summed E-state index contributed by atoms with van der Waals surface area (Å²) in [5.74, 6) is 0. The van der Waals surface area contributed by atoms with Gasteiger partial charge in [-0.3, -0.25) is 0 Å². The summed E-state index contributed by atoms with van der Waals surface area (Å²) in [6.45, 7) is 3.54. The topological polar surface area (TPSA) is 58.6 Å². The lowest BCUT2D eigenvalue weighted by Crippen LogP contribution is -2.51. The Hall–Kier alpha value is -0.885. The molecule has 0 bridgehead atoms. The van der Waals surface area contributed by atoms with E-state index in [1.807, 2.05) is 0 Å². The van der Waals surface area contributed by atoms with Gasteiger partial charge in [-0.2, -0.15) is 0 Å². The highest BCUT2D eigenvalue weighted by Crippen LogP contribution is 2.11. The molecule has 1 aromatic rings. The molecule has 1 fully saturated rings. The number of nitrogens with one attached hydrogen (secondary N) is 1. The van der Waals surface area contributed by atoms with Gasteiger partial charge < -0.3 is 14.9 Å². The summed E-state index contributed by atoms with van der Waals surface area (Å²) < 4.78 is 28.3. The second kappa shape index (κ2) is 6.71. The predicted octanol–water partition coefficient (Wildman–Crippen LogP) is -0.0360. The highest BCUT2D eigenvalue weighted by molar-refractivity contribution is 7.90. The molecule has 2 rings (SSSR count). The first-order valence-electron chi connectivity index (χ1n) is 6.55. The van der Waals surface area contributed by atoms with Gasteiger partial charge in [-0.05, 0) is 24.2 Å². The number of rotatable bonds is 5. The summed E-state index contributed by atoms with van der Waals surface area (Å²) in [6.07, 6.45) is 1.20. The molecule has 1 aromatic carbocycles. The number of hydrogen-bond donors (Lipinski definition) is 1. The van der Waals surface area contributed by atoms with Gasteiger partial charge in [0.25, 0.3) is 0 Å². The van der Waals surface area contributed by atoms with Gasteiger partial charge in [0.15, 0.2) is 17.8 Å². The molecule has 1 heterocycles. The van der Waals surface area contributed by atoms with Crippen LogP contribution in [0.4, 0.5) is 0 Å². The van der Waals surface area contributed by atoms with E-state index in [1.165, 1.54) is 6.26 Å². The van der Waals surface area contributed by atoms with Crippen molar-refractivity contribution in [3.63, 3.8) is 0 Å². The maximum absolute atomic E-state index is 11.3. The molecular weight excluding hydrogens is 275 g/mol. The van der Waals surface area contributed by atoms with Gasteiger partial charge in [-0.15, -0.1) is 0 Å². The zero-order valence-electron chi connectivity index (χ0n) is 11.6. The SMILES string of the molecule is [B]N1CCN[C@H](COCc2ccc(S(C)(=O)=O)cc2)C1. The van der Waals surface area contributed by atoms with E-state index in [4.69, 9.17) is 12.7 Å². The Morgan fingerprint density at radius 1 is 1.40 bits per heavy atom. The van der Waals surface area contributed by atoms with E-state index in [1.54, 1.807) is 29.1 Å². The van der Waals surface area contributed by atoms with Gasteiger partial charge in [0, 0.05) is 25.4 Å². The van der Waals surface area contributed by atoms with E-state index in [-0.39, 0.29) is 6.04 Å². The van der Waals surface area contributed by atoms with Crippen LogP contribution < -0.4 is 5.32 Å². The van der Waals surface area contributed by atoms with Crippen molar-refractivity contribution >= 4 is 17.8 Å². The summed E-state index contributed by atoms with van der Waals surface area (Å²) >= 11 is 0. The number of hydrogen-bond acceptors (Lipinski definition) is 5. The van der Waals surface area contributed by atoms with Gasteiger partial charge >= 0.3 is 0 Å². The number of benzene rings is 1. The molecule has 1 aliphatic heterocycles. The summed E-state index contributed by atoms with van der Waals surface area (Å²) in [5.41, 5.74) is 0.956. The smallest absolute Gasteiger partial charge is 0.182 e. The fourth-order valence-electron chi connectivity index (χ4n) is 2.11. The predicted molar refractivity (Wildman–Crippen MR) is 78.3 cm³/mol. The lowest BCUT2D eigenvalue weighted by Gasteiger charge is -2.31. The van der Waals surface area contributed by atoms with E-state index in [2.05, 4.69) is 5.32 Å². The highest BCUT2D eigenvalue weighted by Gasteiger charge is 2.15. The molecule has 2 radical (unpaired) electrons. The minimum Gasteiger partial charge on any atom is -0.375 e. The summed E-state index contributed by atoms with van der Waals surface area (Å²) in [5, 5.41) is 3.34. The first-order valence-corrected chi connectivity index (χ1v) is 8.44. The fourth-order valence-corrected chi connectivity index (χ4v) is 2.75. The Kier molecular flexibility index (Phi) is 5.20. The molecule has 7 heteroatoms. The van der Waals surface area contributed by atoms with Crippen LogP contribution in [0, 0.1) is 0 Å². The van der Waals surface area contributed by atoms with E-state index < -0.39 is 9.84 Å². The van der Waals surface area contributed by atoms with Gasteiger partial charge in [-0.25, -0.2) is 8.42 Å². The summed E-state index contributed by atoms with van der Waals surface area (Å²) in [7, 11) is 2.61. The number of nitrogens with zero attached hydrogens (tertiary/aromatic N) is 1. The van der Waals surface area contributed by atoms with Gasteiger partial charge in [0.05, 0.1) is 18.1 Å². The Morgan fingerprint density at radius 3 is 2.70 bits per heavy atom. The molecule has 0 spiro atoms. The van der Waals surface area contributed by atoms with E-state index in [0.29, 0.717) is 18.1 Å². The average Bonchev–Trinajstić information content (AvgIpc) is 2.38. The lowest BCUT2D eigenvalue weighted by molar-refractivity contribution is 0.0857. The van der Waals surface area contributed by atoms with E-state index in [0.717, 1.165) is 25.2 Å². The molecule has 0 aliphatic carbocycles. The quantitative estimate of drug-likeness (QED) is 0.773. The minimum absolute atomic E-state index is 0.240. The Morgan fingerprint density at radius 2 is 2.10 bits per heavy atom. The van der Waals surface area contributed by atoms with Gasteiger partial charge in [-0.1, -0.05) is 12.1 Å². The van der Waals surface area contributed by atoms with Crippen molar-refractivity contribution in [1.82, 2.24) is 10.1 Å². The fraction of sp³-hybridized carbons (Fsp3) is 0.538. The van der Waals surface area contributed by atoms with Crippen molar-refractivity contribution in [2.24, 2.45) is 0 Å². The number of ether oxygens (including phenoxy) is 1. The second-order valence-corrected chi connectivity index (χ2v) is 7.09. The van der Waals surface area contributed by atoms with Crippen LogP contribution in [0.25, 0.3) is 0 Å². The largest absolute Gasteiger partial charge is 0.375 e. The molecular formula is C13H19BN2O3S. The maximum atomic E-state index is 11.3. The number of sulfone groups is 1. The van der Waals surface area contributed by atoms with E-state index in [9.17, 15) is 8.42 Å². The first kappa shape index (κ1) is 15.5. The van der Waals surface area contributed by atoms with Gasteiger partial charge in [0.1, 0.15) is 0 Å². The van der Waals surface area contributed by atoms with E-state index >= 15 is 0 Å². The molecule has 1 aliphatic rings. The molecule has 0 unspecified atom stereocenters. The molecule has 0 aromatic heterocycles. The monoisotopic (exact) mass is 294 g/mol. The summed E-state index contributed by atoms with van der Waals surface area (Å²) in [6, 6.07) is 7.01. The van der Waals surface area contributed by atoms with Gasteiger partial charge in [0.2, 0.25) is 0 Å². The van der Waals surface area contributed by atoms with Crippen molar-refractivity contribution in [2.45, 2.75) is 17.5 Å². The van der Waals surface area contributed by atoms with Crippen LogP contribution in [0.1, 0.15) is 5.56 Å². The van der Waals surface area contributed by atoms with Crippen LogP contribution in [0.3, 0.4) is 0 Å². The van der Waals surface area contributed by atoms with Crippen LogP contribution in [0.5, 0.6) is 0 Å². The third-order valence-electron chi connectivity index (χ3n) is 3.23.